The molecule has 1 aromatic heterocycles. The van der Waals surface area contributed by atoms with Crippen LogP contribution in [0.1, 0.15) is 29.9 Å². The lowest BCUT2D eigenvalue weighted by atomic mass is 10.2. The van der Waals surface area contributed by atoms with Crippen molar-refractivity contribution in [2.45, 2.75) is 32.7 Å². The molecule has 3 amide bonds. The number of carbonyl (C=O) groups is 2. The first-order valence-electron chi connectivity index (χ1n) is 10.5. The zero-order chi connectivity index (χ0) is 21.6. The molecule has 7 heteroatoms. The summed E-state index contributed by atoms with van der Waals surface area (Å²) >= 11 is 0. The van der Waals surface area contributed by atoms with Gasteiger partial charge in [-0.05, 0) is 49.6 Å². The van der Waals surface area contributed by atoms with Gasteiger partial charge in [-0.2, -0.15) is 0 Å². The fraction of sp³-hybridized carbons (Fsp3) is 0.292. The third-order valence-corrected chi connectivity index (χ3v) is 5.30. The molecule has 1 fully saturated rings. The van der Waals surface area contributed by atoms with Gasteiger partial charge >= 0.3 is 6.03 Å². The summed E-state index contributed by atoms with van der Waals surface area (Å²) in [6, 6.07) is 17.1. The second-order valence-electron chi connectivity index (χ2n) is 7.67. The van der Waals surface area contributed by atoms with Gasteiger partial charge in [0.25, 0.3) is 0 Å². The molecule has 2 heterocycles. The molecule has 1 saturated heterocycles. The smallest absolute Gasteiger partial charge is 0.321 e. The van der Waals surface area contributed by atoms with Crippen molar-refractivity contribution in [1.82, 2.24) is 15.2 Å². The number of benzene rings is 2. The molecule has 1 aliphatic heterocycles. The Hall–Kier alpha value is -3.61. The minimum absolute atomic E-state index is 0.0746. The quantitative estimate of drug-likeness (QED) is 0.630. The minimum atomic E-state index is -0.137. The molecular formula is C24H26N4O3. The van der Waals surface area contributed by atoms with Crippen LogP contribution in [0.15, 0.2) is 59.0 Å². The van der Waals surface area contributed by atoms with Gasteiger partial charge in [-0.15, -0.1) is 0 Å². The summed E-state index contributed by atoms with van der Waals surface area (Å²) < 4.78 is 5.72. The van der Waals surface area contributed by atoms with Crippen molar-refractivity contribution < 1.29 is 14.0 Å². The van der Waals surface area contributed by atoms with Crippen molar-refractivity contribution in [2.24, 2.45) is 0 Å². The van der Waals surface area contributed by atoms with Crippen LogP contribution in [0, 0.1) is 6.92 Å². The van der Waals surface area contributed by atoms with Gasteiger partial charge in [0.2, 0.25) is 11.8 Å². The summed E-state index contributed by atoms with van der Waals surface area (Å²) in [4.78, 5) is 31.0. The molecule has 2 aromatic carbocycles. The van der Waals surface area contributed by atoms with E-state index in [4.69, 9.17) is 4.42 Å². The van der Waals surface area contributed by atoms with Crippen LogP contribution in [-0.4, -0.2) is 34.9 Å². The molecule has 0 spiro atoms. The molecule has 0 saturated carbocycles. The normalized spacial score (nSPS) is 13.3. The Morgan fingerprint density at radius 2 is 1.84 bits per heavy atom. The molecule has 0 radical (unpaired) electrons. The maximum atomic E-state index is 12.5. The number of nitrogens with one attached hydrogen (secondary N) is 2. The van der Waals surface area contributed by atoms with Crippen molar-refractivity contribution in [2.75, 3.05) is 18.4 Å². The van der Waals surface area contributed by atoms with Crippen LogP contribution in [0.3, 0.4) is 0 Å². The van der Waals surface area contributed by atoms with Crippen LogP contribution in [0.2, 0.25) is 0 Å². The second kappa shape index (κ2) is 9.47. The molecule has 0 bridgehead atoms. The van der Waals surface area contributed by atoms with Gasteiger partial charge in [-0.1, -0.05) is 30.3 Å². The number of urea groups is 1. The molecule has 3 aromatic rings. The van der Waals surface area contributed by atoms with E-state index in [9.17, 15) is 9.59 Å². The van der Waals surface area contributed by atoms with Crippen LogP contribution in [0.25, 0.3) is 11.5 Å². The van der Waals surface area contributed by atoms with E-state index in [2.05, 4.69) is 15.6 Å². The van der Waals surface area contributed by atoms with E-state index in [0.29, 0.717) is 23.9 Å². The largest absolute Gasteiger partial charge is 0.441 e. The lowest BCUT2D eigenvalue weighted by Gasteiger charge is -2.16. The van der Waals surface area contributed by atoms with E-state index in [-0.39, 0.29) is 18.4 Å². The van der Waals surface area contributed by atoms with Crippen LogP contribution < -0.4 is 10.6 Å². The minimum Gasteiger partial charge on any atom is -0.441 e. The van der Waals surface area contributed by atoms with Crippen molar-refractivity contribution >= 4 is 17.6 Å². The zero-order valence-corrected chi connectivity index (χ0v) is 17.6. The fourth-order valence-corrected chi connectivity index (χ4v) is 3.59. The molecule has 1 aliphatic rings. The van der Waals surface area contributed by atoms with Crippen LogP contribution in [-0.2, 0) is 17.8 Å². The van der Waals surface area contributed by atoms with E-state index in [1.54, 1.807) is 0 Å². The Balaban J connectivity index is 1.32. The highest BCUT2D eigenvalue weighted by Crippen LogP contribution is 2.21. The third-order valence-electron chi connectivity index (χ3n) is 5.30. The standard InChI is InChI=1S/C24H26N4O3/c1-17-21(27-23(31-17)19-9-3-2-4-10-19)15-22(29)25-16-18-8-7-11-20(14-18)26-24(30)28-12-5-6-13-28/h2-4,7-11,14H,5-6,12-13,15-16H2,1H3,(H,25,29)(H,26,30). The molecule has 160 valence electrons. The van der Waals surface area contributed by atoms with E-state index < -0.39 is 0 Å². The van der Waals surface area contributed by atoms with Gasteiger partial charge in [-0.3, -0.25) is 4.79 Å². The summed E-state index contributed by atoms with van der Waals surface area (Å²) in [5.41, 5.74) is 3.14. The van der Waals surface area contributed by atoms with Gasteiger partial charge < -0.3 is 20.0 Å². The monoisotopic (exact) mass is 418 g/mol. The summed E-state index contributed by atoms with van der Waals surface area (Å²) in [5, 5.41) is 5.85. The highest BCUT2D eigenvalue weighted by atomic mass is 16.4. The summed E-state index contributed by atoms with van der Waals surface area (Å²) in [7, 11) is 0. The van der Waals surface area contributed by atoms with Crippen molar-refractivity contribution in [3.8, 4) is 11.5 Å². The topological polar surface area (TPSA) is 87.5 Å². The number of carbonyl (C=O) groups excluding carboxylic acids is 2. The number of likely N-dealkylation sites (tertiary alicyclic amines) is 1. The lowest BCUT2D eigenvalue weighted by molar-refractivity contribution is -0.120. The summed E-state index contributed by atoms with van der Waals surface area (Å²) in [6.45, 7) is 3.79. The van der Waals surface area contributed by atoms with Crippen LogP contribution >= 0.6 is 0 Å². The number of rotatable bonds is 6. The number of anilines is 1. The highest BCUT2D eigenvalue weighted by molar-refractivity contribution is 5.89. The number of oxazole rings is 1. The van der Waals surface area contributed by atoms with E-state index in [0.717, 1.165) is 42.7 Å². The molecule has 0 unspecified atom stereocenters. The number of hydrogen-bond donors (Lipinski definition) is 2. The van der Waals surface area contributed by atoms with Gasteiger partial charge in [0, 0.05) is 30.9 Å². The van der Waals surface area contributed by atoms with Gasteiger partial charge in [-0.25, -0.2) is 9.78 Å². The molecule has 7 nitrogen and oxygen atoms in total. The first-order valence-corrected chi connectivity index (χ1v) is 10.5. The Morgan fingerprint density at radius 3 is 2.61 bits per heavy atom. The van der Waals surface area contributed by atoms with E-state index in [1.807, 2.05) is 66.4 Å². The zero-order valence-electron chi connectivity index (χ0n) is 17.6. The van der Waals surface area contributed by atoms with Crippen LogP contribution in [0.5, 0.6) is 0 Å². The predicted octanol–water partition coefficient (Wildman–Crippen LogP) is 4.14. The maximum Gasteiger partial charge on any atom is 0.321 e. The number of amides is 3. The summed E-state index contributed by atoms with van der Waals surface area (Å²) in [6.07, 6.45) is 2.25. The molecule has 2 N–H and O–H groups in total. The Labute approximate surface area is 181 Å². The Morgan fingerprint density at radius 1 is 1.06 bits per heavy atom. The van der Waals surface area contributed by atoms with Gasteiger partial charge in [0.05, 0.1) is 12.1 Å². The first-order chi connectivity index (χ1) is 15.1. The number of aryl methyl sites for hydroxylation is 1. The average Bonchev–Trinajstić information content (AvgIpc) is 3.44. The number of aromatic nitrogens is 1. The molecule has 4 rings (SSSR count). The van der Waals surface area contributed by atoms with Crippen molar-refractivity contribution in [3.63, 3.8) is 0 Å². The molecular weight excluding hydrogens is 392 g/mol. The second-order valence-corrected chi connectivity index (χ2v) is 7.67. The SMILES string of the molecule is Cc1oc(-c2ccccc2)nc1CC(=O)NCc1cccc(NC(=O)N2CCCC2)c1. The van der Waals surface area contributed by atoms with Crippen molar-refractivity contribution in [1.29, 1.82) is 0 Å². The van der Waals surface area contributed by atoms with Crippen molar-refractivity contribution in [3.05, 3.63) is 71.6 Å². The average molecular weight is 418 g/mol. The molecule has 0 aliphatic carbocycles. The number of nitrogens with zero attached hydrogens (tertiary/aromatic N) is 2. The molecule has 0 atom stereocenters. The Kier molecular flexibility index (Phi) is 6.31. The maximum absolute atomic E-state index is 12.5. The molecule has 31 heavy (non-hydrogen) atoms. The first kappa shape index (κ1) is 20.7. The fourth-order valence-electron chi connectivity index (χ4n) is 3.59. The van der Waals surface area contributed by atoms with E-state index in [1.165, 1.54) is 0 Å². The third kappa shape index (κ3) is 5.31. The lowest BCUT2D eigenvalue weighted by Crippen LogP contribution is -2.32. The highest BCUT2D eigenvalue weighted by Gasteiger charge is 2.18. The van der Waals surface area contributed by atoms with Crippen LogP contribution in [0.4, 0.5) is 10.5 Å². The number of hydrogen-bond acceptors (Lipinski definition) is 4. The predicted molar refractivity (Wildman–Crippen MR) is 118 cm³/mol. The van der Waals surface area contributed by atoms with E-state index >= 15 is 0 Å². The summed E-state index contributed by atoms with van der Waals surface area (Å²) in [5.74, 6) is 1.02. The van der Waals surface area contributed by atoms with Gasteiger partial charge in [0.15, 0.2) is 0 Å². The Bertz CT molecular complexity index is 1060. The van der Waals surface area contributed by atoms with Gasteiger partial charge in [0.1, 0.15) is 5.76 Å².